The highest BCUT2D eigenvalue weighted by atomic mass is 32.1. The minimum atomic E-state index is 0.173. The maximum atomic E-state index is 12.4. The molecule has 0 unspecified atom stereocenters. The molecule has 0 atom stereocenters. The maximum Gasteiger partial charge on any atom is 0.263 e. The van der Waals surface area contributed by atoms with E-state index in [-0.39, 0.29) is 12.0 Å². The van der Waals surface area contributed by atoms with Gasteiger partial charge < -0.3 is 15.4 Å². The van der Waals surface area contributed by atoms with Crippen molar-refractivity contribution < 1.29 is 9.53 Å². The van der Waals surface area contributed by atoms with E-state index in [1.54, 1.807) is 11.3 Å². The van der Waals surface area contributed by atoms with Crippen molar-refractivity contribution in [2.75, 3.05) is 26.2 Å². The summed E-state index contributed by atoms with van der Waals surface area (Å²) in [5.41, 5.74) is 6.66. The fraction of sp³-hybridized carbons (Fsp3) is 0.667. The second-order valence-corrected chi connectivity index (χ2v) is 6.61. The molecule has 0 aliphatic carbocycles. The summed E-state index contributed by atoms with van der Waals surface area (Å²) in [4.78, 5) is 16.5. The summed E-state index contributed by atoms with van der Waals surface area (Å²) in [5, 5.41) is 0. The minimum Gasteiger partial charge on any atom is -0.378 e. The van der Waals surface area contributed by atoms with E-state index in [4.69, 9.17) is 10.5 Å². The number of hydrogen-bond donors (Lipinski definition) is 1. The number of thiophene rings is 1. The number of hydrogen-bond acceptors (Lipinski definition) is 4. The van der Waals surface area contributed by atoms with Gasteiger partial charge in [0.05, 0.1) is 11.0 Å². The molecule has 1 aromatic heterocycles. The summed E-state index contributed by atoms with van der Waals surface area (Å²) in [6.45, 7) is 7.12. The third-order valence-corrected chi connectivity index (χ3v) is 4.95. The first-order valence-electron chi connectivity index (χ1n) is 7.29. The SMILES string of the molecule is Cc1cc(C(=O)N2CCC(OCCCN)CC2)sc1C. The van der Waals surface area contributed by atoms with Crippen molar-refractivity contribution in [3.05, 3.63) is 21.4 Å². The summed E-state index contributed by atoms with van der Waals surface area (Å²) in [5.74, 6) is 0.173. The van der Waals surface area contributed by atoms with E-state index in [9.17, 15) is 4.79 Å². The van der Waals surface area contributed by atoms with Crippen LogP contribution >= 0.6 is 11.3 Å². The lowest BCUT2D eigenvalue weighted by molar-refractivity contribution is 0.00857. The summed E-state index contributed by atoms with van der Waals surface area (Å²) in [7, 11) is 0. The first kappa shape index (κ1) is 15.5. The second-order valence-electron chi connectivity index (χ2n) is 5.35. The molecular weight excluding hydrogens is 272 g/mol. The molecule has 2 N–H and O–H groups in total. The van der Waals surface area contributed by atoms with E-state index >= 15 is 0 Å². The van der Waals surface area contributed by atoms with Crippen LogP contribution in [0, 0.1) is 13.8 Å². The van der Waals surface area contributed by atoms with Crippen LogP contribution < -0.4 is 5.73 Å². The Hall–Kier alpha value is -0.910. The van der Waals surface area contributed by atoms with E-state index < -0.39 is 0 Å². The fourth-order valence-corrected chi connectivity index (χ4v) is 3.40. The van der Waals surface area contributed by atoms with Crippen LogP contribution in [0.25, 0.3) is 0 Å². The second kappa shape index (κ2) is 7.20. The van der Waals surface area contributed by atoms with Crippen LogP contribution in [0.4, 0.5) is 0 Å². The molecule has 0 aromatic carbocycles. The smallest absolute Gasteiger partial charge is 0.263 e. The zero-order chi connectivity index (χ0) is 14.5. The number of amides is 1. The Bertz CT molecular complexity index is 431. The van der Waals surface area contributed by atoms with Crippen LogP contribution in [-0.2, 0) is 4.74 Å². The lowest BCUT2D eigenvalue weighted by Gasteiger charge is -2.31. The molecule has 1 aliphatic rings. The quantitative estimate of drug-likeness (QED) is 0.849. The van der Waals surface area contributed by atoms with Crippen molar-refractivity contribution in [3.63, 3.8) is 0 Å². The largest absolute Gasteiger partial charge is 0.378 e. The molecule has 1 amide bonds. The zero-order valence-corrected chi connectivity index (χ0v) is 13.2. The predicted octanol–water partition coefficient (Wildman–Crippen LogP) is 2.33. The predicted molar refractivity (Wildman–Crippen MR) is 82.3 cm³/mol. The van der Waals surface area contributed by atoms with Gasteiger partial charge >= 0.3 is 0 Å². The van der Waals surface area contributed by atoms with Crippen molar-refractivity contribution in [2.45, 2.75) is 39.2 Å². The van der Waals surface area contributed by atoms with Gasteiger partial charge in [-0.3, -0.25) is 4.79 Å². The topological polar surface area (TPSA) is 55.6 Å². The highest BCUT2D eigenvalue weighted by Gasteiger charge is 2.25. The van der Waals surface area contributed by atoms with Crippen LogP contribution in [0.1, 0.15) is 39.4 Å². The van der Waals surface area contributed by atoms with Crippen molar-refractivity contribution in [3.8, 4) is 0 Å². The van der Waals surface area contributed by atoms with Crippen LogP contribution in [-0.4, -0.2) is 43.2 Å². The molecule has 0 radical (unpaired) electrons. The molecule has 5 heteroatoms. The fourth-order valence-electron chi connectivity index (χ4n) is 2.39. The van der Waals surface area contributed by atoms with Crippen molar-refractivity contribution >= 4 is 17.2 Å². The summed E-state index contributed by atoms with van der Waals surface area (Å²) >= 11 is 1.60. The molecule has 0 spiro atoms. The summed E-state index contributed by atoms with van der Waals surface area (Å²) in [6.07, 6.45) is 3.06. The first-order valence-corrected chi connectivity index (χ1v) is 8.11. The van der Waals surface area contributed by atoms with Gasteiger partial charge in [-0.25, -0.2) is 0 Å². The van der Waals surface area contributed by atoms with Gasteiger partial charge in [0.2, 0.25) is 0 Å². The Labute approximate surface area is 124 Å². The van der Waals surface area contributed by atoms with Crippen molar-refractivity contribution in [1.29, 1.82) is 0 Å². The number of ether oxygens (including phenoxy) is 1. The molecule has 0 bridgehead atoms. The number of rotatable bonds is 5. The lowest BCUT2D eigenvalue weighted by atomic mass is 10.1. The van der Waals surface area contributed by atoms with Crippen molar-refractivity contribution in [2.24, 2.45) is 5.73 Å². The van der Waals surface area contributed by atoms with Crippen LogP contribution in [0.3, 0.4) is 0 Å². The monoisotopic (exact) mass is 296 g/mol. The molecule has 4 nitrogen and oxygen atoms in total. The average molecular weight is 296 g/mol. The Morgan fingerprint density at radius 2 is 2.15 bits per heavy atom. The number of carbonyl (C=O) groups excluding carboxylic acids is 1. The summed E-state index contributed by atoms with van der Waals surface area (Å²) in [6, 6.07) is 2.01. The van der Waals surface area contributed by atoms with Gasteiger partial charge in [-0.05, 0) is 51.3 Å². The molecule has 1 saturated heterocycles. The Morgan fingerprint density at radius 3 is 2.70 bits per heavy atom. The number of nitrogens with two attached hydrogens (primary N) is 1. The molecule has 0 saturated carbocycles. The van der Waals surface area contributed by atoms with E-state index in [2.05, 4.69) is 13.8 Å². The third-order valence-electron chi connectivity index (χ3n) is 3.81. The number of nitrogens with zero attached hydrogens (tertiary/aromatic N) is 1. The molecule has 1 aliphatic heterocycles. The molecule has 112 valence electrons. The molecule has 2 heterocycles. The first-order chi connectivity index (χ1) is 9.61. The Balaban J connectivity index is 1.82. The standard InChI is InChI=1S/C15H24N2O2S/c1-11-10-14(20-12(11)2)15(18)17-7-4-13(5-8-17)19-9-3-6-16/h10,13H,3-9,16H2,1-2H3. The molecule has 2 rings (SSSR count). The van der Waals surface area contributed by atoms with Gasteiger partial charge in [-0.1, -0.05) is 0 Å². The minimum absolute atomic E-state index is 0.173. The number of piperidine rings is 1. The maximum absolute atomic E-state index is 12.4. The lowest BCUT2D eigenvalue weighted by Crippen LogP contribution is -2.40. The van der Waals surface area contributed by atoms with Gasteiger partial charge in [-0.15, -0.1) is 11.3 Å². The molecule has 20 heavy (non-hydrogen) atoms. The van der Waals surface area contributed by atoms with Crippen LogP contribution in [0.5, 0.6) is 0 Å². The van der Waals surface area contributed by atoms with Crippen molar-refractivity contribution in [1.82, 2.24) is 4.90 Å². The van der Waals surface area contributed by atoms with E-state index in [1.807, 2.05) is 11.0 Å². The average Bonchev–Trinajstić information content (AvgIpc) is 2.79. The molecule has 1 fully saturated rings. The normalized spacial score (nSPS) is 16.6. The number of aryl methyl sites for hydroxylation is 2. The van der Waals surface area contributed by atoms with E-state index in [0.29, 0.717) is 6.54 Å². The Kier molecular flexibility index (Phi) is 5.57. The number of likely N-dealkylation sites (tertiary alicyclic amines) is 1. The third kappa shape index (κ3) is 3.81. The van der Waals surface area contributed by atoms with Gasteiger partial charge in [-0.2, -0.15) is 0 Å². The zero-order valence-electron chi connectivity index (χ0n) is 12.4. The van der Waals surface area contributed by atoms with Crippen LogP contribution in [0.15, 0.2) is 6.07 Å². The van der Waals surface area contributed by atoms with Gasteiger partial charge in [0.1, 0.15) is 0 Å². The van der Waals surface area contributed by atoms with Gasteiger partial charge in [0, 0.05) is 24.6 Å². The van der Waals surface area contributed by atoms with Crippen LogP contribution in [0.2, 0.25) is 0 Å². The Morgan fingerprint density at radius 1 is 1.45 bits per heavy atom. The van der Waals surface area contributed by atoms with Gasteiger partial charge in [0.15, 0.2) is 0 Å². The highest BCUT2D eigenvalue weighted by molar-refractivity contribution is 7.14. The number of carbonyl (C=O) groups is 1. The van der Waals surface area contributed by atoms with Gasteiger partial charge in [0.25, 0.3) is 5.91 Å². The highest BCUT2D eigenvalue weighted by Crippen LogP contribution is 2.24. The van der Waals surface area contributed by atoms with E-state index in [0.717, 1.165) is 43.8 Å². The summed E-state index contributed by atoms with van der Waals surface area (Å²) < 4.78 is 5.76. The molecule has 1 aromatic rings. The van der Waals surface area contributed by atoms with E-state index in [1.165, 1.54) is 10.4 Å². The molecular formula is C15H24N2O2S.